The first-order valence-corrected chi connectivity index (χ1v) is 7.15. The molecule has 0 aliphatic carbocycles. The summed E-state index contributed by atoms with van der Waals surface area (Å²) in [6.07, 6.45) is 4.95. The molecule has 0 amide bonds. The molecule has 1 aromatic carbocycles. The summed E-state index contributed by atoms with van der Waals surface area (Å²) in [5.74, 6) is 0.744. The average Bonchev–Trinajstić information content (AvgIpc) is 2.95. The van der Waals surface area contributed by atoms with Crippen molar-refractivity contribution in [3.63, 3.8) is 0 Å². The third kappa shape index (κ3) is 2.32. The third-order valence-electron chi connectivity index (χ3n) is 4.58. The first kappa shape index (κ1) is 12.2. The maximum absolute atomic E-state index is 5.90. The SMILES string of the molecule is Cc1cccc(C)c1CNCC1CC2CCC1O2. The fourth-order valence-corrected chi connectivity index (χ4v) is 3.47. The summed E-state index contributed by atoms with van der Waals surface area (Å²) >= 11 is 0. The van der Waals surface area contributed by atoms with E-state index in [1.54, 1.807) is 0 Å². The highest BCUT2D eigenvalue weighted by Gasteiger charge is 2.40. The predicted molar refractivity (Wildman–Crippen MR) is 73.6 cm³/mol. The molecule has 2 bridgehead atoms. The van der Waals surface area contributed by atoms with E-state index in [0.717, 1.165) is 19.0 Å². The molecule has 0 spiro atoms. The molecule has 3 rings (SSSR count). The monoisotopic (exact) mass is 245 g/mol. The van der Waals surface area contributed by atoms with Crippen LogP contribution in [0.5, 0.6) is 0 Å². The van der Waals surface area contributed by atoms with Crippen LogP contribution in [0.4, 0.5) is 0 Å². The first-order chi connectivity index (χ1) is 8.74. The summed E-state index contributed by atoms with van der Waals surface area (Å²) in [6.45, 7) is 6.50. The molecule has 3 unspecified atom stereocenters. The minimum absolute atomic E-state index is 0.542. The molecule has 18 heavy (non-hydrogen) atoms. The van der Waals surface area contributed by atoms with Gasteiger partial charge in [0.05, 0.1) is 12.2 Å². The molecular formula is C16H23NO. The Morgan fingerprint density at radius 1 is 1.22 bits per heavy atom. The molecule has 2 nitrogen and oxygen atoms in total. The Hall–Kier alpha value is -0.860. The summed E-state index contributed by atoms with van der Waals surface area (Å²) in [7, 11) is 0. The van der Waals surface area contributed by atoms with E-state index >= 15 is 0 Å². The van der Waals surface area contributed by atoms with Gasteiger partial charge in [0.2, 0.25) is 0 Å². The molecule has 98 valence electrons. The first-order valence-electron chi connectivity index (χ1n) is 7.15. The van der Waals surface area contributed by atoms with Crippen molar-refractivity contribution in [2.45, 2.75) is 51.9 Å². The fourth-order valence-electron chi connectivity index (χ4n) is 3.47. The van der Waals surface area contributed by atoms with Crippen LogP contribution >= 0.6 is 0 Å². The molecule has 0 aromatic heterocycles. The number of fused-ring (bicyclic) bond motifs is 2. The molecule has 2 fully saturated rings. The number of hydrogen-bond donors (Lipinski definition) is 1. The highest BCUT2D eigenvalue weighted by atomic mass is 16.5. The second-order valence-corrected chi connectivity index (χ2v) is 5.87. The van der Waals surface area contributed by atoms with Gasteiger partial charge in [-0.2, -0.15) is 0 Å². The maximum atomic E-state index is 5.90. The van der Waals surface area contributed by atoms with E-state index < -0.39 is 0 Å². The third-order valence-corrected chi connectivity index (χ3v) is 4.58. The van der Waals surface area contributed by atoms with E-state index in [1.165, 1.54) is 36.0 Å². The summed E-state index contributed by atoms with van der Waals surface area (Å²) in [5, 5.41) is 3.63. The molecule has 2 saturated heterocycles. The van der Waals surface area contributed by atoms with Gasteiger partial charge in [0.25, 0.3) is 0 Å². The van der Waals surface area contributed by atoms with Gasteiger partial charge in [0.1, 0.15) is 0 Å². The molecule has 1 aromatic rings. The number of benzene rings is 1. The normalized spacial score (nSPS) is 30.0. The molecule has 0 radical (unpaired) electrons. The van der Waals surface area contributed by atoms with E-state index in [9.17, 15) is 0 Å². The maximum Gasteiger partial charge on any atom is 0.0621 e. The van der Waals surface area contributed by atoms with Crippen molar-refractivity contribution in [2.75, 3.05) is 6.54 Å². The molecular weight excluding hydrogens is 222 g/mol. The molecule has 2 heterocycles. The molecule has 2 aliphatic heterocycles. The van der Waals surface area contributed by atoms with Crippen molar-refractivity contribution in [3.8, 4) is 0 Å². The van der Waals surface area contributed by atoms with E-state index in [-0.39, 0.29) is 0 Å². The number of ether oxygens (including phenoxy) is 1. The Bertz CT molecular complexity index is 409. The molecule has 2 heteroatoms. The van der Waals surface area contributed by atoms with Crippen molar-refractivity contribution in [3.05, 3.63) is 34.9 Å². The van der Waals surface area contributed by atoms with Gasteiger partial charge in [-0.15, -0.1) is 0 Å². The minimum Gasteiger partial charge on any atom is -0.375 e. The molecule has 3 atom stereocenters. The van der Waals surface area contributed by atoms with Crippen LogP contribution in [0.1, 0.15) is 36.0 Å². The van der Waals surface area contributed by atoms with Crippen LogP contribution in [-0.4, -0.2) is 18.8 Å². The van der Waals surface area contributed by atoms with Crippen LogP contribution in [0.3, 0.4) is 0 Å². The minimum atomic E-state index is 0.542. The van der Waals surface area contributed by atoms with Crippen LogP contribution < -0.4 is 5.32 Å². The lowest BCUT2D eigenvalue weighted by molar-refractivity contribution is 0.0924. The number of aryl methyl sites for hydroxylation is 2. The average molecular weight is 245 g/mol. The molecule has 1 N–H and O–H groups in total. The van der Waals surface area contributed by atoms with Gasteiger partial charge in [0, 0.05) is 19.0 Å². The van der Waals surface area contributed by atoms with Crippen molar-refractivity contribution < 1.29 is 4.74 Å². The zero-order valence-corrected chi connectivity index (χ0v) is 11.4. The van der Waals surface area contributed by atoms with Gasteiger partial charge in [-0.05, 0) is 49.8 Å². The lowest BCUT2D eigenvalue weighted by atomic mass is 9.89. The quantitative estimate of drug-likeness (QED) is 0.880. The van der Waals surface area contributed by atoms with Gasteiger partial charge in [-0.25, -0.2) is 0 Å². The largest absolute Gasteiger partial charge is 0.375 e. The highest BCUT2D eigenvalue weighted by Crippen LogP contribution is 2.38. The van der Waals surface area contributed by atoms with Gasteiger partial charge >= 0.3 is 0 Å². The van der Waals surface area contributed by atoms with E-state index in [2.05, 4.69) is 37.4 Å². The highest BCUT2D eigenvalue weighted by molar-refractivity contribution is 5.33. The van der Waals surface area contributed by atoms with Gasteiger partial charge < -0.3 is 10.1 Å². The Morgan fingerprint density at radius 3 is 2.61 bits per heavy atom. The second-order valence-electron chi connectivity index (χ2n) is 5.87. The second kappa shape index (κ2) is 5.02. The smallest absolute Gasteiger partial charge is 0.0621 e. The molecule has 2 aliphatic rings. The van der Waals surface area contributed by atoms with Crippen LogP contribution in [0.15, 0.2) is 18.2 Å². The number of hydrogen-bond acceptors (Lipinski definition) is 2. The van der Waals surface area contributed by atoms with Crippen LogP contribution in [0, 0.1) is 19.8 Å². The van der Waals surface area contributed by atoms with E-state index in [4.69, 9.17) is 4.74 Å². The molecule has 0 saturated carbocycles. The summed E-state index contributed by atoms with van der Waals surface area (Å²) in [4.78, 5) is 0. The van der Waals surface area contributed by atoms with Gasteiger partial charge in [-0.1, -0.05) is 18.2 Å². The number of rotatable bonds is 4. The zero-order valence-electron chi connectivity index (χ0n) is 11.4. The van der Waals surface area contributed by atoms with Crippen molar-refractivity contribution >= 4 is 0 Å². The van der Waals surface area contributed by atoms with Crippen LogP contribution in [-0.2, 0) is 11.3 Å². The standard InChI is InChI=1S/C16H23NO/c1-11-4-3-5-12(2)15(11)10-17-9-13-8-14-6-7-16(13)18-14/h3-5,13-14,16-17H,6-10H2,1-2H3. The van der Waals surface area contributed by atoms with Crippen LogP contribution in [0.2, 0.25) is 0 Å². The zero-order chi connectivity index (χ0) is 12.5. The Labute approximate surface area is 110 Å². The Kier molecular flexibility index (Phi) is 3.40. The van der Waals surface area contributed by atoms with Gasteiger partial charge in [-0.3, -0.25) is 0 Å². The Morgan fingerprint density at radius 2 is 2.00 bits per heavy atom. The summed E-state index contributed by atoms with van der Waals surface area (Å²) < 4.78 is 5.90. The lowest BCUT2D eigenvalue weighted by Crippen LogP contribution is -2.29. The predicted octanol–water partition coefficient (Wildman–Crippen LogP) is 2.96. The van der Waals surface area contributed by atoms with Gasteiger partial charge in [0.15, 0.2) is 0 Å². The lowest BCUT2D eigenvalue weighted by Gasteiger charge is -2.19. The summed E-state index contributed by atoms with van der Waals surface area (Å²) in [5.41, 5.74) is 4.25. The van der Waals surface area contributed by atoms with Crippen molar-refractivity contribution in [1.82, 2.24) is 5.32 Å². The van der Waals surface area contributed by atoms with E-state index in [0.29, 0.717) is 12.2 Å². The van der Waals surface area contributed by atoms with Crippen molar-refractivity contribution in [2.24, 2.45) is 5.92 Å². The van der Waals surface area contributed by atoms with Crippen LogP contribution in [0.25, 0.3) is 0 Å². The topological polar surface area (TPSA) is 21.3 Å². The summed E-state index contributed by atoms with van der Waals surface area (Å²) in [6, 6.07) is 6.53. The number of nitrogens with one attached hydrogen (secondary N) is 1. The Balaban J connectivity index is 1.53. The fraction of sp³-hybridized carbons (Fsp3) is 0.625. The van der Waals surface area contributed by atoms with E-state index in [1.807, 2.05) is 0 Å². The van der Waals surface area contributed by atoms with Crippen molar-refractivity contribution in [1.29, 1.82) is 0 Å².